The van der Waals surface area contributed by atoms with Gasteiger partial charge in [0.2, 0.25) is 0 Å². The number of hydrogen-bond acceptors (Lipinski definition) is 2. The van der Waals surface area contributed by atoms with Gasteiger partial charge in [-0.05, 0) is 25.6 Å². The Balaban J connectivity index is 1.87. The molecular formula is C18H30N2Si. The number of benzene rings is 1. The van der Waals surface area contributed by atoms with E-state index in [1.165, 1.54) is 50.8 Å². The molecule has 2 nitrogen and oxygen atoms in total. The van der Waals surface area contributed by atoms with Crippen LogP contribution in [0.5, 0.6) is 0 Å². The molecule has 1 heterocycles. The van der Waals surface area contributed by atoms with Crippen LogP contribution >= 0.6 is 0 Å². The molecular weight excluding hydrogens is 272 g/mol. The van der Waals surface area contributed by atoms with Crippen molar-refractivity contribution < 1.29 is 0 Å². The lowest BCUT2D eigenvalue weighted by Crippen LogP contribution is -2.46. The molecule has 2 rings (SSSR count). The highest BCUT2D eigenvalue weighted by Gasteiger charge is 2.25. The summed E-state index contributed by atoms with van der Waals surface area (Å²) < 4.78 is 0. The van der Waals surface area contributed by atoms with Crippen LogP contribution < -0.4 is 5.19 Å². The number of nitrogens with zero attached hydrogens (tertiary/aromatic N) is 2. The number of likely N-dealkylation sites (N-methyl/N-ethyl adjacent to an activating group) is 1. The van der Waals surface area contributed by atoms with Gasteiger partial charge < -0.3 is 9.80 Å². The van der Waals surface area contributed by atoms with Crippen molar-refractivity contribution in [2.45, 2.75) is 25.6 Å². The first-order chi connectivity index (χ1) is 10.0. The fourth-order valence-electron chi connectivity index (χ4n) is 3.24. The average Bonchev–Trinajstić information content (AvgIpc) is 2.49. The van der Waals surface area contributed by atoms with E-state index in [0.717, 1.165) is 0 Å². The van der Waals surface area contributed by atoms with Crippen molar-refractivity contribution in [3.8, 4) is 0 Å². The molecule has 1 aromatic carbocycles. The largest absolute Gasteiger partial charge is 0.304 e. The van der Waals surface area contributed by atoms with Gasteiger partial charge in [-0.3, -0.25) is 0 Å². The van der Waals surface area contributed by atoms with Gasteiger partial charge >= 0.3 is 0 Å². The number of hydrogen-bond donors (Lipinski definition) is 0. The molecule has 1 aliphatic heterocycles. The molecule has 0 radical (unpaired) electrons. The predicted molar refractivity (Wildman–Crippen MR) is 97.0 cm³/mol. The van der Waals surface area contributed by atoms with Crippen LogP contribution in [0, 0.1) is 0 Å². The van der Waals surface area contributed by atoms with E-state index in [-0.39, 0.29) is 0 Å². The molecule has 0 unspecified atom stereocenters. The minimum atomic E-state index is -1.35. The first-order valence-electron chi connectivity index (χ1n) is 8.16. The molecule has 0 saturated carbocycles. The van der Waals surface area contributed by atoms with E-state index in [9.17, 15) is 0 Å². The van der Waals surface area contributed by atoms with Gasteiger partial charge in [0.05, 0.1) is 8.07 Å². The van der Waals surface area contributed by atoms with Gasteiger partial charge in [0.15, 0.2) is 0 Å². The molecule has 0 atom stereocenters. The van der Waals surface area contributed by atoms with Crippen LogP contribution in [0.4, 0.5) is 0 Å². The van der Waals surface area contributed by atoms with Gasteiger partial charge in [-0.15, -0.1) is 0 Å². The SMILES string of the molecule is C=Cc1ccccc1[Si](C)(C)CCCN1CCN(C)CC1. The van der Waals surface area contributed by atoms with Gasteiger partial charge in [0.25, 0.3) is 0 Å². The normalized spacial score (nSPS) is 17.9. The van der Waals surface area contributed by atoms with E-state index < -0.39 is 8.07 Å². The standard InChI is InChI=1S/C18H30N2Si/c1-5-17-9-6-7-10-18(17)21(3,4)16-8-11-20-14-12-19(2)13-15-20/h5-7,9-10H,1,8,11-16H2,2-4H3. The van der Waals surface area contributed by atoms with E-state index in [4.69, 9.17) is 0 Å². The van der Waals surface area contributed by atoms with Crippen LogP contribution in [0.1, 0.15) is 12.0 Å². The molecule has 0 aliphatic carbocycles. The van der Waals surface area contributed by atoms with Crippen molar-refractivity contribution in [1.29, 1.82) is 0 Å². The Bertz CT molecular complexity index is 462. The van der Waals surface area contributed by atoms with Crippen LogP contribution in [0.15, 0.2) is 30.8 Å². The molecule has 3 heteroatoms. The van der Waals surface area contributed by atoms with Crippen molar-refractivity contribution >= 4 is 19.3 Å². The van der Waals surface area contributed by atoms with Crippen molar-refractivity contribution in [3.63, 3.8) is 0 Å². The molecule has 0 spiro atoms. The second-order valence-electron chi connectivity index (χ2n) is 6.92. The third-order valence-electron chi connectivity index (χ3n) is 4.78. The van der Waals surface area contributed by atoms with Gasteiger partial charge in [0, 0.05) is 26.2 Å². The van der Waals surface area contributed by atoms with Crippen molar-refractivity contribution in [1.82, 2.24) is 9.80 Å². The Morgan fingerprint density at radius 3 is 2.48 bits per heavy atom. The van der Waals surface area contributed by atoms with E-state index in [2.05, 4.69) is 60.8 Å². The monoisotopic (exact) mass is 302 g/mol. The third-order valence-corrected chi connectivity index (χ3v) is 8.30. The van der Waals surface area contributed by atoms with Crippen LogP contribution in [0.3, 0.4) is 0 Å². The van der Waals surface area contributed by atoms with E-state index >= 15 is 0 Å². The predicted octanol–water partition coefficient (Wildman–Crippen LogP) is 2.88. The van der Waals surface area contributed by atoms with Crippen LogP contribution in [0.2, 0.25) is 19.1 Å². The van der Waals surface area contributed by atoms with Gasteiger partial charge in [-0.2, -0.15) is 0 Å². The summed E-state index contributed by atoms with van der Waals surface area (Å²) in [4.78, 5) is 5.05. The second kappa shape index (κ2) is 7.39. The lowest BCUT2D eigenvalue weighted by atomic mass is 10.2. The molecule has 0 N–H and O–H groups in total. The molecule has 1 fully saturated rings. The zero-order valence-electron chi connectivity index (χ0n) is 13.9. The molecule has 116 valence electrons. The summed E-state index contributed by atoms with van der Waals surface area (Å²) in [6, 6.07) is 10.2. The quantitative estimate of drug-likeness (QED) is 0.746. The minimum absolute atomic E-state index is 1.22. The Kier molecular flexibility index (Phi) is 5.79. The summed E-state index contributed by atoms with van der Waals surface area (Å²) in [5, 5.41) is 1.57. The van der Waals surface area contributed by atoms with Crippen molar-refractivity contribution in [2.75, 3.05) is 39.8 Å². The van der Waals surface area contributed by atoms with Gasteiger partial charge in [-0.1, -0.05) is 61.2 Å². The lowest BCUT2D eigenvalue weighted by molar-refractivity contribution is 0.154. The van der Waals surface area contributed by atoms with Gasteiger partial charge in [-0.25, -0.2) is 0 Å². The summed E-state index contributed by atoms with van der Waals surface area (Å²) in [6.07, 6.45) is 3.35. The smallest absolute Gasteiger partial charge is 0.0814 e. The summed E-state index contributed by atoms with van der Waals surface area (Å²) in [5.74, 6) is 0. The van der Waals surface area contributed by atoms with Crippen molar-refractivity contribution in [2.24, 2.45) is 0 Å². The summed E-state index contributed by atoms with van der Waals surface area (Å²) >= 11 is 0. The lowest BCUT2D eigenvalue weighted by Gasteiger charge is -2.33. The zero-order valence-corrected chi connectivity index (χ0v) is 14.9. The maximum Gasteiger partial charge on any atom is 0.0814 e. The van der Waals surface area contributed by atoms with E-state index in [1.807, 2.05) is 6.08 Å². The first kappa shape index (κ1) is 16.5. The highest BCUT2D eigenvalue weighted by atomic mass is 28.3. The summed E-state index contributed by atoms with van der Waals surface area (Å²) in [6.45, 7) is 15.2. The molecule has 0 bridgehead atoms. The minimum Gasteiger partial charge on any atom is -0.304 e. The highest BCUT2D eigenvalue weighted by molar-refractivity contribution is 6.90. The van der Waals surface area contributed by atoms with E-state index in [1.54, 1.807) is 5.19 Å². The maximum atomic E-state index is 3.98. The Morgan fingerprint density at radius 2 is 1.81 bits per heavy atom. The second-order valence-corrected chi connectivity index (χ2v) is 11.7. The average molecular weight is 303 g/mol. The highest BCUT2D eigenvalue weighted by Crippen LogP contribution is 2.16. The van der Waals surface area contributed by atoms with Crippen LogP contribution in [0.25, 0.3) is 6.08 Å². The first-order valence-corrected chi connectivity index (χ1v) is 11.4. The van der Waals surface area contributed by atoms with Crippen LogP contribution in [-0.2, 0) is 0 Å². The molecule has 0 aromatic heterocycles. The fourth-order valence-corrected chi connectivity index (χ4v) is 6.07. The Labute approximate surface area is 131 Å². The topological polar surface area (TPSA) is 6.48 Å². The summed E-state index contributed by atoms with van der Waals surface area (Å²) in [5.41, 5.74) is 1.34. The molecule has 21 heavy (non-hydrogen) atoms. The van der Waals surface area contributed by atoms with Crippen molar-refractivity contribution in [3.05, 3.63) is 36.4 Å². The van der Waals surface area contributed by atoms with E-state index in [0.29, 0.717) is 0 Å². The molecule has 1 aliphatic rings. The number of rotatable bonds is 6. The zero-order chi connectivity index (χ0) is 15.3. The molecule has 1 saturated heterocycles. The maximum absolute atomic E-state index is 3.98. The number of piperazine rings is 1. The van der Waals surface area contributed by atoms with Crippen LogP contribution in [-0.4, -0.2) is 57.6 Å². The molecule has 1 aromatic rings. The fraction of sp³-hybridized carbons (Fsp3) is 0.556. The Morgan fingerprint density at radius 1 is 1.14 bits per heavy atom. The molecule has 0 amide bonds. The Hall–Kier alpha value is -0.903. The summed E-state index contributed by atoms with van der Waals surface area (Å²) in [7, 11) is 0.870. The van der Waals surface area contributed by atoms with Gasteiger partial charge in [0.1, 0.15) is 0 Å². The third kappa shape index (κ3) is 4.53.